The van der Waals surface area contributed by atoms with Crippen LogP contribution in [0.2, 0.25) is 0 Å². The minimum Gasteiger partial charge on any atom is -0.490 e. The average Bonchev–Trinajstić information content (AvgIpc) is 2.28. The van der Waals surface area contributed by atoms with E-state index in [-0.39, 0.29) is 17.5 Å². The van der Waals surface area contributed by atoms with E-state index in [2.05, 4.69) is 4.98 Å². The summed E-state index contributed by atoms with van der Waals surface area (Å²) in [6.07, 6.45) is 0.804. The van der Waals surface area contributed by atoms with Crippen LogP contribution in [-0.2, 0) is 6.42 Å². The molecule has 1 aliphatic heterocycles. The van der Waals surface area contributed by atoms with Crippen LogP contribution >= 0.6 is 0 Å². The van der Waals surface area contributed by atoms with Crippen molar-refractivity contribution in [3.8, 4) is 5.75 Å². The lowest BCUT2D eigenvalue weighted by molar-refractivity contribution is 0.0924. The first kappa shape index (κ1) is 12.0. The molecule has 0 N–H and O–H groups in total. The van der Waals surface area contributed by atoms with E-state index in [0.717, 1.165) is 0 Å². The Balaban J connectivity index is 2.71. The summed E-state index contributed by atoms with van der Waals surface area (Å²) in [5.41, 5.74) is 1.14. The van der Waals surface area contributed by atoms with E-state index in [1.54, 1.807) is 0 Å². The predicted octanol–water partition coefficient (Wildman–Crippen LogP) is 2.87. The van der Waals surface area contributed by atoms with E-state index in [1.807, 2.05) is 20.8 Å². The van der Waals surface area contributed by atoms with Gasteiger partial charge < -0.3 is 4.74 Å². The van der Waals surface area contributed by atoms with Crippen LogP contribution in [0.3, 0.4) is 0 Å². The zero-order chi connectivity index (χ0) is 12.6. The van der Waals surface area contributed by atoms with Crippen LogP contribution < -0.4 is 4.74 Å². The number of Topliss-reactive ketones (excluding diaryl/α,β-unsaturated/α-hetero) is 1. The minimum absolute atomic E-state index is 0.0250. The highest BCUT2D eigenvalue weighted by atomic mass is 19.1. The number of nitrogens with zero attached hydrogens (tertiary/aromatic N) is 1. The van der Waals surface area contributed by atoms with Gasteiger partial charge in [0, 0.05) is 12.0 Å². The number of carbonyl (C=O) groups excluding carboxylic acids is 1. The van der Waals surface area contributed by atoms with E-state index in [0.29, 0.717) is 42.1 Å². The number of aryl methyl sites for hydroxylation is 1. The smallest absolute Gasteiger partial charge is 0.188 e. The Kier molecular flexibility index (Phi) is 3.13. The molecule has 92 valence electrons. The van der Waals surface area contributed by atoms with Crippen molar-refractivity contribution in [3.63, 3.8) is 0 Å². The maximum absolute atomic E-state index is 14.2. The van der Waals surface area contributed by atoms with E-state index in [1.165, 1.54) is 0 Å². The molecule has 0 amide bonds. The van der Waals surface area contributed by atoms with Crippen molar-refractivity contribution in [2.24, 2.45) is 0 Å². The first-order valence-electron chi connectivity index (χ1n) is 5.94. The van der Waals surface area contributed by atoms with Crippen LogP contribution in [-0.4, -0.2) is 17.4 Å². The van der Waals surface area contributed by atoms with Gasteiger partial charge >= 0.3 is 0 Å². The van der Waals surface area contributed by atoms with Crippen LogP contribution in [0.1, 0.15) is 54.9 Å². The Bertz CT molecular complexity index is 469. The number of carbonyl (C=O) groups is 1. The van der Waals surface area contributed by atoms with Gasteiger partial charge in [0.05, 0.1) is 12.3 Å². The Morgan fingerprint density at radius 2 is 2.18 bits per heavy atom. The summed E-state index contributed by atoms with van der Waals surface area (Å²) in [4.78, 5) is 15.9. The van der Waals surface area contributed by atoms with Crippen LogP contribution in [0.25, 0.3) is 0 Å². The summed E-state index contributed by atoms with van der Waals surface area (Å²) in [5.74, 6) is -0.0484. The predicted molar refractivity (Wildman–Crippen MR) is 62.1 cm³/mol. The Morgan fingerprint density at radius 1 is 1.47 bits per heavy atom. The van der Waals surface area contributed by atoms with Gasteiger partial charge in [-0.05, 0) is 12.3 Å². The van der Waals surface area contributed by atoms with Crippen LogP contribution in [0.15, 0.2) is 0 Å². The second-order valence-corrected chi connectivity index (χ2v) is 4.49. The maximum atomic E-state index is 14.2. The lowest BCUT2D eigenvalue weighted by Gasteiger charge is -2.22. The number of hydrogen-bond donors (Lipinski definition) is 0. The van der Waals surface area contributed by atoms with Gasteiger partial charge in [-0.2, -0.15) is 0 Å². The van der Waals surface area contributed by atoms with Crippen molar-refractivity contribution in [3.05, 3.63) is 22.8 Å². The fourth-order valence-electron chi connectivity index (χ4n) is 2.07. The van der Waals surface area contributed by atoms with E-state index < -0.39 is 0 Å². The summed E-state index contributed by atoms with van der Waals surface area (Å²) in [6.45, 7) is 5.93. The molecular weight excluding hydrogens is 221 g/mol. The Morgan fingerprint density at radius 3 is 2.76 bits per heavy atom. The molecule has 2 rings (SSSR count). The van der Waals surface area contributed by atoms with Gasteiger partial charge in [0.15, 0.2) is 17.3 Å². The summed E-state index contributed by atoms with van der Waals surface area (Å²) in [7, 11) is 0. The Labute approximate surface area is 100 Å². The third-order valence-electron chi connectivity index (χ3n) is 2.95. The molecule has 4 heteroatoms. The topological polar surface area (TPSA) is 39.2 Å². The molecule has 3 nitrogen and oxygen atoms in total. The minimum atomic E-state index is -0.323. The van der Waals surface area contributed by atoms with Crippen LogP contribution in [0.5, 0.6) is 5.75 Å². The van der Waals surface area contributed by atoms with E-state index in [4.69, 9.17) is 4.74 Å². The number of ether oxygens (including phenoxy) is 1. The molecule has 1 aliphatic rings. The zero-order valence-corrected chi connectivity index (χ0v) is 10.3. The largest absolute Gasteiger partial charge is 0.490 e. The number of fused-ring (bicyclic) bond motifs is 1. The third kappa shape index (κ3) is 1.92. The van der Waals surface area contributed by atoms with Crippen molar-refractivity contribution in [1.82, 2.24) is 4.98 Å². The number of ketones is 1. The number of aromatic nitrogens is 1. The number of rotatable bonds is 2. The summed E-state index contributed by atoms with van der Waals surface area (Å²) < 4.78 is 19.6. The highest BCUT2D eigenvalue weighted by Crippen LogP contribution is 2.35. The molecule has 17 heavy (non-hydrogen) atoms. The first-order valence-corrected chi connectivity index (χ1v) is 5.94. The molecule has 0 aromatic carbocycles. The maximum Gasteiger partial charge on any atom is 0.188 e. The SMILES string of the molecule is CCc1nc2c(c(C(C)C)c1F)OCCC2=O. The number of hydrogen-bond acceptors (Lipinski definition) is 3. The first-order chi connectivity index (χ1) is 8.06. The van der Waals surface area contributed by atoms with Gasteiger partial charge in [0.25, 0.3) is 0 Å². The van der Waals surface area contributed by atoms with Crippen molar-refractivity contribution < 1.29 is 13.9 Å². The summed E-state index contributed by atoms with van der Waals surface area (Å²) in [5, 5.41) is 0. The third-order valence-corrected chi connectivity index (χ3v) is 2.95. The van der Waals surface area contributed by atoms with Gasteiger partial charge in [-0.25, -0.2) is 9.37 Å². The van der Waals surface area contributed by atoms with E-state index >= 15 is 0 Å². The number of pyridine rings is 1. The van der Waals surface area contributed by atoms with E-state index in [9.17, 15) is 9.18 Å². The van der Waals surface area contributed by atoms with Crippen molar-refractivity contribution in [1.29, 1.82) is 0 Å². The average molecular weight is 237 g/mol. The van der Waals surface area contributed by atoms with Gasteiger partial charge in [0.2, 0.25) is 0 Å². The van der Waals surface area contributed by atoms with Crippen LogP contribution in [0.4, 0.5) is 4.39 Å². The zero-order valence-electron chi connectivity index (χ0n) is 10.3. The van der Waals surface area contributed by atoms with Crippen LogP contribution in [0, 0.1) is 5.82 Å². The van der Waals surface area contributed by atoms with Crippen molar-refractivity contribution in [2.75, 3.05) is 6.61 Å². The summed E-state index contributed by atoms with van der Waals surface area (Å²) in [6, 6.07) is 0. The number of halogens is 1. The fourth-order valence-corrected chi connectivity index (χ4v) is 2.07. The molecule has 1 aromatic heterocycles. The monoisotopic (exact) mass is 237 g/mol. The standard InChI is InChI=1S/C13H16FNO2/c1-4-8-11(14)10(7(2)3)13-12(15-8)9(16)5-6-17-13/h7H,4-6H2,1-3H3. The summed E-state index contributed by atoms with van der Waals surface area (Å²) >= 11 is 0. The fraction of sp³-hybridized carbons (Fsp3) is 0.538. The molecule has 2 heterocycles. The highest BCUT2D eigenvalue weighted by Gasteiger charge is 2.28. The molecule has 0 saturated carbocycles. The van der Waals surface area contributed by atoms with Gasteiger partial charge in [-0.15, -0.1) is 0 Å². The van der Waals surface area contributed by atoms with Gasteiger partial charge in [-0.1, -0.05) is 20.8 Å². The second-order valence-electron chi connectivity index (χ2n) is 4.49. The second kappa shape index (κ2) is 4.43. The molecule has 0 fully saturated rings. The molecule has 0 saturated heterocycles. The molecule has 0 radical (unpaired) electrons. The molecule has 0 bridgehead atoms. The lowest BCUT2D eigenvalue weighted by Crippen LogP contribution is -2.21. The molecule has 1 aromatic rings. The highest BCUT2D eigenvalue weighted by molar-refractivity contribution is 5.98. The molecule has 0 spiro atoms. The van der Waals surface area contributed by atoms with Gasteiger partial charge in [-0.3, -0.25) is 4.79 Å². The van der Waals surface area contributed by atoms with Gasteiger partial charge in [0.1, 0.15) is 5.69 Å². The molecule has 0 atom stereocenters. The van der Waals surface area contributed by atoms with Crippen molar-refractivity contribution in [2.45, 2.75) is 39.5 Å². The molecule has 0 aliphatic carbocycles. The normalized spacial score (nSPS) is 14.8. The lowest BCUT2D eigenvalue weighted by atomic mass is 9.96. The molecular formula is C13H16FNO2. The molecule has 0 unspecified atom stereocenters. The van der Waals surface area contributed by atoms with Crippen molar-refractivity contribution >= 4 is 5.78 Å². The Hall–Kier alpha value is -1.45. The quantitative estimate of drug-likeness (QED) is 0.794.